The molecule has 8 nitrogen and oxygen atoms in total. The van der Waals surface area contributed by atoms with E-state index >= 15 is 0 Å². The second-order valence-corrected chi connectivity index (χ2v) is 2.92. The molecule has 0 unspecified atom stereocenters. The standard InChI is InChI=1S/C8H6O6.C2H6O2/c9-5-3(7(11)12)1-2-4(6(5)10)8(13)14;3-1-2-4/h1-2,9-10H,(H,11,12)(H,13,14);3-4H,1-2H2. The van der Waals surface area contributed by atoms with Gasteiger partial charge >= 0.3 is 11.9 Å². The lowest BCUT2D eigenvalue weighted by Gasteiger charge is -2.04. The van der Waals surface area contributed by atoms with E-state index in [2.05, 4.69) is 0 Å². The third-order valence-electron chi connectivity index (χ3n) is 1.71. The number of phenols is 2. The monoisotopic (exact) mass is 260 g/mol. The van der Waals surface area contributed by atoms with Crippen LogP contribution in [0.5, 0.6) is 11.5 Å². The first-order valence-electron chi connectivity index (χ1n) is 4.60. The molecular formula is C10H12O8. The van der Waals surface area contributed by atoms with Crippen molar-refractivity contribution < 1.29 is 40.2 Å². The predicted octanol–water partition coefficient (Wildman–Crippen LogP) is -0.535. The summed E-state index contributed by atoms with van der Waals surface area (Å²) in [5, 5.41) is 50.5. The van der Waals surface area contributed by atoms with Crippen LogP contribution in [0.3, 0.4) is 0 Å². The van der Waals surface area contributed by atoms with Crippen LogP contribution in [0.2, 0.25) is 0 Å². The number of aliphatic hydroxyl groups excluding tert-OH is 2. The van der Waals surface area contributed by atoms with Crippen molar-refractivity contribution in [1.82, 2.24) is 0 Å². The normalized spacial score (nSPS) is 9.22. The molecule has 6 N–H and O–H groups in total. The zero-order valence-corrected chi connectivity index (χ0v) is 9.07. The number of aromatic carboxylic acids is 2. The van der Waals surface area contributed by atoms with Gasteiger partial charge in [-0.15, -0.1) is 0 Å². The molecule has 0 aliphatic carbocycles. The molecule has 0 heterocycles. The molecule has 0 aromatic heterocycles. The van der Waals surface area contributed by atoms with E-state index in [9.17, 15) is 9.59 Å². The van der Waals surface area contributed by atoms with Gasteiger partial charge in [0.2, 0.25) is 0 Å². The number of hydrogen-bond donors (Lipinski definition) is 6. The molecule has 0 aliphatic heterocycles. The number of aromatic hydroxyl groups is 2. The zero-order chi connectivity index (χ0) is 14.3. The SMILES string of the molecule is O=C(O)c1ccc(C(=O)O)c(O)c1O.OCCO. The second kappa shape index (κ2) is 7.09. The van der Waals surface area contributed by atoms with Crippen LogP contribution in [0.25, 0.3) is 0 Å². The van der Waals surface area contributed by atoms with Crippen LogP contribution < -0.4 is 0 Å². The molecule has 0 aliphatic rings. The Morgan fingerprint density at radius 3 is 1.28 bits per heavy atom. The maximum absolute atomic E-state index is 10.4. The van der Waals surface area contributed by atoms with Crippen molar-refractivity contribution in [1.29, 1.82) is 0 Å². The third-order valence-corrected chi connectivity index (χ3v) is 1.71. The Balaban J connectivity index is 0.000000631. The van der Waals surface area contributed by atoms with Crippen LogP contribution in [-0.4, -0.2) is 55.8 Å². The number of aliphatic hydroxyl groups is 2. The van der Waals surface area contributed by atoms with Crippen molar-refractivity contribution in [2.75, 3.05) is 13.2 Å². The lowest BCUT2D eigenvalue weighted by molar-refractivity contribution is 0.0674. The highest BCUT2D eigenvalue weighted by Gasteiger charge is 2.19. The molecule has 0 saturated carbocycles. The Bertz CT molecular complexity index is 399. The summed E-state index contributed by atoms with van der Waals surface area (Å²) in [5.41, 5.74) is -1.10. The number of carboxylic acid groups (broad SMARTS) is 2. The zero-order valence-electron chi connectivity index (χ0n) is 9.07. The summed E-state index contributed by atoms with van der Waals surface area (Å²) in [7, 11) is 0. The fourth-order valence-electron chi connectivity index (χ4n) is 0.925. The molecule has 100 valence electrons. The van der Waals surface area contributed by atoms with Crippen molar-refractivity contribution in [2.45, 2.75) is 0 Å². The summed E-state index contributed by atoms with van der Waals surface area (Å²) in [4.78, 5) is 20.9. The van der Waals surface area contributed by atoms with Crippen LogP contribution in [0, 0.1) is 0 Å². The van der Waals surface area contributed by atoms with E-state index in [4.69, 9.17) is 30.6 Å². The minimum absolute atomic E-state index is 0.125. The highest BCUT2D eigenvalue weighted by atomic mass is 16.4. The van der Waals surface area contributed by atoms with E-state index in [1.165, 1.54) is 0 Å². The first kappa shape index (κ1) is 15.7. The van der Waals surface area contributed by atoms with Crippen molar-refractivity contribution in [3.8, 4) is 11.5 Å². The van der Waals surface area contributed by atoms with Crippen molar-refractivity contribution in [2.24, 2.45) is 0 Å². The summed E-state index contributed by atoms with van der Waals surface area (Å²) < 4.78 is 0. The maximum Gasteiger partial charge on any atom is 0.339 e. The molecular weight excluding hydrogens is 248 g/mol. The van der Waals surface area contributed by atoms with Crippen LogP contribution in [0.1, 0.15) is 20.7 Å². The maximum atomic E-state index is 10.4. The van der Waals surface area contributed by atoms with Gasteiger partial charge in [-0.2, -0.15) is 0 Å². The van der Waals surface area contributed by atoms with Crippen LogP contribution in [-0.2, 0) is 0 Å². The Labute approximate surface area is 101 Å². The van der Waals surface area contributed by atoms with E-state index in [-0.39, 0.29) is 13.2 Å². The van der Waals surface area contributed by atoms with Crippen molar-refractivity contribution in [3.05, 3.63) is 23.3 Å². The van der Waals surface area contributed by atoms with Gasteiger partial charge in [-0.05, 0) is 12.1 Å². The van der Waals surface area contributed by atoms with Crippen LogP contribution in [0.4, 0.5) is 0 Å². The summed E-state index contributed by atoms with van der Waals surface area (Å²) in [6.45, 7) is -0.250. The third kappa shape index (κ3) is 3.92. The Morgan fingerprint density at radius 2 is 1.11 bits per heavy atom. The summed E-state index contributed by atoms with van der Waals surface area (Å²) >= 11 is 0. The van der Waals surface area contributed by atoms with Gasteiger partial charge in [-0.3, -0.25) is 0 Å². The van der Waals surface area contributed by atoms with E-state index in [0.717, 1.165) is 12.1 Å². The number of benzene rings is 1. The summed E-state index contributed by atoms with van der Waals surface area (Å²) in [5.74, 6) is -4.79. The molecule has 0 fully saturated rings. The highest BCUT2D eigenvalue weighted by molar-refractivity contribution is 5.97. The molecule has 0 bridgehead atoms. The van der Waals surface area contributed by atoms with Gasteiger partial charge in [0.25, 0.3) is 0 Å². The topological polar surface area (TPSA) is 156 Å². The molecule has 0 saturated heterocycles. The Kier molecular flexibility index (Phi) is 6.18. The van der Waals surface area contributed by atoms with Crippen molar-refractivity contribution in [3.63, 3.8) is 0 Å². The fourth-order valence-corrected chi connectivity index (χ4v) is 0.925. The number of carboxylic acids is 2. The van der Waals surface area contributed by atoms with E-state index in [0.29, 0.717) is 0 Å². The lowest BCUT2D eigenvalue weighted by atomic mass is 10.1. The number of carbonyl (C=O) groups is 2. The smallest absolute Gasteiger partial charge is 0.339 e. The highest BCUT2D eigenvalue weighted by Crippen LogP contribution is 2.32. The van der Waals surface area contributed by atoms with Gasteiger partial charge < -0.3 is 30.6 Å². The van der Waals surface area contributed by atoms with Gasteiger partial charge in [0.05, 0.1) is 13.2 Å². The van der Waals surface area contributed by atoms with Gasteiger partial charge in [-0.25, -0.2) is 9.59 Å². The minimum Gasteiger partial charge on any atom is -0.504 e. The molecule has 1 aromatic carbocycles. The van der Waals surface area contributed by atoms with Gasteiger partial charge in [-0.1, -0.05) is 0 Å². The van der Waals surface area contributed by atoms with Crippen LogP contribution in [0.15, 0.2) is 12.1 Å². The molecule has 18 heavy (non-hydrogen) atoms. The molecule has 0 amide bonds. The molecule has 1 rings (SSSR count). The quantitative estimate of drug-likeness (QED) is 0.396. The lowest BCUT2D eigenvalue weighted by Crippen LogP contribution is -2.01. The van der Waals surface area contributed by atoms with Gasteiger partial charge in [0.1, 0.15) is 11.1 Å². The van der Waals surface area contributed by atoms with E-state index in [1.54, 1.807) is 0 Å². The second-order valence-electron chi connectivity index (χ2n) is 2.92. The Hall–Kier alpha value is -2.32. The number of rotatable bonds is 3. The van der Waals surface area contributed by atoms with Crippen molar-refractivity contribution >= 4 is 11.9 Å². The number of hydrogen-bond acceptors (Lipinski definition) is 6. The average molecular weight is 260 g/mol. The van der Waals surface area contributed by atoms with Gasteiger partial charge in [0, 0.05) is 0 Å². The van der Waals surface area contributed by atoms with E-state index in [1.807, 2.05) is 0 Å². The molecule has 0 atom stereocenters. The molecule has 8 heteroatoms. The Morgan fingerprint density at radius 1 is 0.833 bits per heavy atom. The average Bonchev–Trinajstić information content (AvgIpc) is 2.32. The molecule has 1 aromatic rings. The first-order chi connectivity index (χ1) is 8.36. The van der Waals surface area contributed by atoms with Gasteiger partial charge in [0.15, 0.2) is 11.5 Å². The fraction of sp³-hybridized carbons (Fsp3) is 0.200. The minimum atomic E-state index is -1.45. The molecule has 0 spiro atoms. The van der Waals surface area contributed by atoms with E-state index < -0.39 is 34.6 Å². The molecule has 0 radical (unpaired) electrons. The van der Waals surface area contributed by atoms with Crippen LogP contribution >= 0.6 is 0 Å². The largest absolute Gasteiger partial charge is 0.504 e. The summed E-state index contributed by atoms with van der Waals surface area (Å²) in [6, 6.07) is 1.81. The predicted molar refractivity (Wildman–Crippen MR) is 57.9 cm³/mol. The first-order valence-corrected chi connectivity index (χ1v) is 4.60. The summed E-state index contributed by atoms with van der Waals surface area (Å²) in [6.07, 6.45) is 0.